The number of rotatable bonds is 4. The molecule has 0 saturated heterocycles. The summed E-state index contributed by atoms with van der Waals surface area (Å²) in [5.41, 5.74) is 12.3. The first-order valence-electron chi connectivity index (χ1n) is 16.9. The van der Waals surface area contributed by atoms with Crippen molar-refractivity contribution in [2.45, 2.75) is 13.8 Å². The normalized spacial score (nSPS) is 11.9. The molecular formula is C47H31NO. The molecule has 1 heterocycles. The first-order valence-corrected chi connectivity index (χ1v) is 16.9. The van der Waals surface area contributed by atoms with E-state index in [9.17, 15) is 0 Å². The number of fused-ring (bicyclic) bond motifs is 2. The van der Waals surface area contributed by atoms with E-state index in [1.807, 2.05) is 0 Å². The Hall–Kier alpha value is -6.25. The summed E-state index contributed by atoms with van der Waals surface area (Å²) in [5.74, 6) is 0.634. The Bertz CT molecular complexity index is 2870. The van der Waals surface area contributed by atoms with Crippen LogP contribution < -0.4 is 0 Å². The lowest BCUT2D eigenvalue weighted by Gasteiger charge is -2.18. The van der Waals surface area contributed by atoms with Crippen LogP contribution in [0.4, 0.5) is 0 Å². The molecule has 9 aromatic carbocycles. The van der Waals surface area contributed by atoms with Gasteiger partial charge in [0.05, 0.1) is 0 Å². The Balaban J connectivity index is 1.24. The molecular weight excluding hydrogens is 595 g/mol. The highest BCUT2D eigenvalue weighted by Crippen LogP contribution is 2.46. The third kappa shape index (κ3) is 4.38. The van der Waals surface area contributed by atoms with Gasteiger partial charge >= 0.3 is 0 Å². The lowest BCUT2D eigenvalue weighted by Crippen LogP contribution is -1.92. The highest BCUT2D eigenvalue weighted by Gasteiger charge is 2.21. The summed E-state index contributed by atoms with van der Waals surface area (Å²) in [5, 5.41) is 9.84. The van der Waals surface area contributed by atoms with Gasteiger partial charge in [0.25, 0.3) is 0 Å². The number of aromatic nitrogens is 1. The summed E-state index contributed by atoms with van der Waals surface area (Å²) in [7, 11) is 0. The van der Waals surface area contributed by atoms with Crippen LogP contribution in [0, 0.1) is 13.8 Å². The third-order valence-corrected chi connectivity index (χ3v) is 10.2. The average Bonchev–Trinajstić information content (AvgIpc) is 3.57. The second-order valence-corrected chi connectivity index (χ2v) is 13.3. The number of oxazole rings is 1. The van der Waals surface area contributed by atoms with Gasteiger partial charge in [0.2, 0.25) is 5.89 Å². The quantitative estimate of drug-likeness (QED) is 0.182. The largest absolute Gasteiger partial charge is 0.436 e. The fourth-order valence-electron chi connectivity index (χ4n) is 7.72. The van der Waals surface area contributed by atoms with Crippen LogP contribution in [0.1, 0.15) is 11.1 Å². The molecule has 2 nitrogen and oxygen atoms in total. The predicted molar refractivity (Wildman–Crippen MR) is 206 cm³/mol. The Kier molecular flexibility index (Phi) is 6.04. The molecule has 230 valence electrons. The maximum Gasteiger partial charge on any atom is 0.227 e. The molecule has 0 amide bonds. The van der Waals surface area contributed by atoms with E-state index in [-0.39, 0.29) is 0 Å². The van der Waals surface area contributed by atoms with E-state index in [1.165, 1.54) is 76.6 Å². The average molecular weight is 626 g/mol. The zero-order valence-corrected chi connectivity index (χ0v) is 27.3. The minimum atomic E-state index is 0.634. The van der Waals surface area contributed by atoms with Gasteiger partial charge in [-0.25, -0.2) is 4.98 Å². The van der Waals surface area contributed by atoms with Gasteiger partial charge in [-0.2, -0.15) is 0 Å². The third-order valence-electron chi connectivity index (χ3n) is 10.2. The highest BCUT2D eigenvalue weighted by molar-refractivity contribution is 6.29. The zero-order chi connectivity index (χ0) is 32.6. The fraction of sp³-hybridized carbons (Fsp3) is 0.0426. The second-order valence-electron chi connectivity index (χ2n) is 13.3. The number of nitrogens with zero attached hydrogens (tertiary/aromatic N) is 1. The minimum absolute atomic E-state index is 0.634. The number of benzene rings is 9. The van der Waals surface area contributed by atoms with Crippen LogP contribution in [0.15, 0.2) is 156 Å². The predicted octanol–water partition coefficient (Wildman–Crippen LogP) is 13.2. The van der Waals surface area contributed by atoms with E-state index < -0.39 is 0 Å². The summed E-state index contributed by atoms with van der Waals surface area (Å²) < 4.78 is 6.63. The lowest BCUT2D eigenvalue weighted by atomic mass is 9.85. The standard InChI is InChI=1S/C47H31NO/c1-28-10-14-31(15-11-28)37-21-18-33-19-22-39-41(32-16-12-29(2)13-17-32)27-42(40-24-23-38(37)45(33)46(39)40)47-48-43-26-34(20-25-44(43)49-47)36-9-5-7-30-6-3-4-8-35(30)36/h3-27H,1-2H3. The van der Waals surface area contributed by atoms with Crippen LogP contribution >= 0.6 is 0 Å². The van der Waals surface area contributed by atoms with Crippen molar-refractivity contribution in [3.8, 4) is 44.8 Å². The van der Waals surface area contributed by atoms with E-state index in [1.54, 1.807) is 0 Å². The van der Waals surface area contributed by atoms with Crippen molar-refractivity contribution in [3.63, 3.8) is 0 Å². The molecule has 0 aliphatic heterocycles. The molecule has 0 aliphatic carbocycles. The number of hydrogen-bond donors (Lipinski definition) is 0. The lowest BCUT2D eigenvalue weighted by molar-refractivity contribution is 0.620. The van der Waals surface area contributed by atoms with Gasteiger partial charge < -0.3 is 4.42 Å². The molecule has 0 saturated carbocycles. The number of aryl methyl sites for hydroxylation is 2. The van der Waals surface area contributed by atoms with Crippen molar-refractivity contribution < 1.29 is 4.42 Å². The molecule has 0 atom stereocenters. The van der Waals surface area contributed by atoms with Crippen molar-refractivity contribution in [2.24, 2.45) is 0 Å². The van der Waals surface area contributed by atoms with E-state index in [0.29, 0.717) is 5.89 Å². The first kappa shape index (κ1) is 27.8. The van der Waals surface area contributed by atoms with Crippen molar-refractivity contribution >= 4 is 54.2 Å². The maximum atomic E-state index is 6.63. The van der Waals surface area contributed by atoms with Crippen LogP contribution in [0.5, 0.6) is 0 Å². The van der Waals surface area contributed by atoms with Crippen LogP contribution in [0.2, 0.25) is 0 Å². The summed E-state index contributed by atoms with van der Waals surface area (Å²) in [6, 6.07) is 55.0. The summed E-state index contributed by atoms with van der Waals surface area (Å²) in [6.45, 7) is 4.27. The van der Waals surface area contributed by atoms with Crippen LogP contribution in [-0.2, 0) is 0 Å². The van der Waals surface area contributed by atoms with Gasteiger partial charge in [-0.15, -0.1) is 0 Å². The molecule has 0 fully saturated rings. The molecule has 0 bridgehead atoms. The van der Waals surface area contributed by atoms with Crippen LogP contribution in [0.25, 0.3) is 99.0 Å². The summed E-state index contributed by atoms with van der Waals surface area (Å²) in [6.07, 6.45) is 0. The molecule has 2 heteroatoms. The second kappa shape index (κ2) is 10.6. The molecule has 0 radical (unpaired) electrons. The summed E-state index contributed by atoms with van der Waals surface area (Å²) >= 11 is 0. The van der Waals surface area contributed by atoms with Crippen molar-refractivity contribution in [2.75, 3.05) is 0 Å². The summed E-state index contributed by atoms with van der Waals surface area (Å²) in [4.78, 5) is 5.19. The van der Waals surface area contributed by atoms with E-state index in [0.717, 1.165) is 27.6 Å². The zero-order valence-electron chi connectivity index (χ0n) is 27.3. The number of hydrogen-bond acceptors (Lipinski definition) is 2. The van der Waals surface area contributed by atoms with Gasteiger partial charge in [0.15, 0.2) is 5.58 Å². The molecule has 10 aromatic rings. The van der Waals surface area contributed by atoms with Gasteiger partial charge in [-0.05, 0) is 109 Å². The van der Waals surface area contributed by atoms with E-state index in [2.05, 4.69) is 166 Å². The van der Waals surface area contributed by atoms with Crippen molar-refractivity contribution in [1.29, 1.82) is 0 Å². The van der Waals surface area contributed by atoms with E-state index >= 15 is 0 Å². The van der Waals surface area contributed by atoms with Gasteiger partial charge in [-0.1, -0.05) is 145 Å². The van der Waals surface area contributed by atoms with Gasteiger partial charge in [0.1, 0.15) is 5.52 Å². The molecule has 1 aromatic heterocycles. The Morgan fingerprint density at radius 1 is 0.408 bits per heavy atom. The molecule has 49 heavy (non-hydrogen) atoms. The maximum absolute atomic E-state index is 6.63. The molecule has 0 spiro atoms. The Morgan fingerprint density at radius 2 is 1.02 bits per heavy atom. The minimum Gasteiger partial charge on any atom is -0.436 e. The molecule has 10 rings (SSSR count). The fourth-order valence-corrected chi connectivity index (χ4v) is 7.72. The molecule has 0 aliphatic rings. The van der Waals surface area contributed by atoms with Gasteiger partial charge in [0, 0.05) is 5.56 Å². The molecule has 0 N–H and O–H groups in total. The smallest absolute Gasteiger partial charge is 0.227 e. The first-order chi connectivity index (χ1) is 24.1. The van der Waals surface area contributed by atoms with E-state index in [4.69, 9.17) is 9.40 Å². The van der Waals surface area contributed by atoms with Crippen LogP contribution in [-0.4, -0.2) is 4.98 Å². The SMILES string of the molecule is Cc1ccc(-c2ccc3ccc4c(-c5ccc(C)cc5)cc(-c5nc6cc(-c7cccc8ccccc78)ccc6o5)c5ccc2c3c45)cc1. The van der Waals surface area contributed by atoms with Crippen molar-refractivity contribution in [3.05, 3.63) is 163 Å². The van der Waals surface area contributed by atoms with Crippen molar-refractivity contribution in [1.82, 2.24) is 4.98 Å². The monoisotopic (exact) mass is 625 g/mol. The highest BCUT2D eigenvalue weighted by atomic mass is 16.3. The van der Waals surface area contributed by atoms with Gasteiger partial charge in [-0.3, -0.25) is 0 Å². The molecule has 0 unspecified atom stereocenters. The topological polar surface area (TPSA) is 26.0 Å². The van der Waals surface area contributed by atoms with Crippen LogP contribution in [0.3, 0.4) is 0 Å². The Labute approximate surface area is 284 Å². The Morgan fingerprint density at radius 3 is 1.82 bits per heavy atom.